The van der Waals surface area contributed by atoms with E-state index < -0.39 is 0 Å². The number of nitrogens with one attached hydrogen (secondary N) is 1. The zero-order valence-electron chi connectivity index (χ0n) is 9.30. The molecule has 2 atom stereocenters. The molecule has 4 N–H and O–H groups in total. The Kier molecular flexibility index (Phi) is 4.56. The molecule has 5 heteroatoms. The Hall–Kier alpha value is -0.810. The third kappa shape index (κ3) is 3.09. The maximum absolute atomic E-state index is 13.3. The lowest BCUT2D eigenvalue weighted by molar-refractivity contribution is 0.226. The Morgan fingerprint density at radius 2 is 2.12 bits per heavy atom. The molecule has 0 aliphatic heterocycles. The van der Waals surface area contributed by atoms with Crippen LogP contribution in [0.4, 0.5) is 15.8 Å². The smallest absolute Gasteiger partial charge is 0.139 e. The van der Waals surface area contributed by atoms with Gasteiger partial charge in [-0.3, -0.25) is 0 Å². The maximum Gasteiger partial charge on any atom is 0.139 e. The van der Waals surface area contributed by atoms with Crippen molar-refractivity contribution in [1.82, 2.24) is 0 Å². The number of hydrogen-bond acceptors (Lipinski definition) is 3. The fourth-order valence-electron chi connectivity index (χ4n) is 1.23. The van der Waals surface area contributed by atoms with E-state index in [-0.39, 0.29) is 24.4 Å². The summed E-state index contributed by atoms with van der Waals surface area (Å²) in [6, 6.07) is 2.89. The Bertz CT molecular complexity index is 373. The zero-order valence-corrected chi connectivity index (χ0v) is 10.9. The molecule has 16 heavy (non-hydrogen) atoms. The molecule has 90 valence electrons. The molecule has 0 saturated carbocycles. The van der Waals surface area contributed by atoms with Gasteiger partial charge < -0.3 is 16.2 Å². The first kappa shape index (κ1) is 13.3. The molecule has 1 aromatic rings. The molecule has 0 heterocycles. The van der Waals surface area contributed by atoms with Crippen molar-refractivity contribution in [2.24, 2.45) is 5.92 Å². The number of anilines is 2. The molecule has 0 saturated heterocycles. The van der Waals surface area contributed by atoms with E-state index in [2.05, 4.69) is 21.2 Å². The summed E-state index contributed by atoms with van der Waals surface area (Å²) in [5.41, 5.74) is 6.79. The van der Waals surface area contributed by atoms with Crippen LogP contribution < -0.4 is 11.1 Å². The van der Waals surface area contributed by atoms with Crippen LogP contribution in [0, 0.1) is 11.7 Å². The second-order valence-electron chi connectivity index (χ2n) is 3.95. The van der Waals surface area contributed by atoms with Gasteiger partial charge in [0.1, 0.15) is 5.82 Å². The minimum Gasteiger partial charge on any atom is -0.397 e. The summed E-state index contributed by atoms with van der Waals surface area (Å²) in [4.78, 5) is 0. The summed E-state index contributed by atoms with van der Waals surface area (Å²) in [5.74, 6) is -0.286. The topological polar surface area (TPSA) is 58.3 Å². The van der Waals surface area contributed by atoms with Crippen LogP contribution in [0.5, 0.6) is 0 Å². The summed E-state index contributed by atoms with van der Waals surface area (Å²) < 4.78 is 13.6. The average Bonchev–Trinajstić information content (AvgIpc) is 2.24. The lowest BCUT2D eigenvalue weighted by atomic mass is 10.0. The van der Waals surface area contributed by atoms with Gasteiger partial charge in [0, 0.05) is 18.7 Å². The lowest BCUT2D eigenvalue weighted by Gasteiger charge is -2.21. The van der Waals surface area contributed by atoms with Crippen LogP contribution in [0.3, 0.4) is 0 Å². The maximum atomic E-state index is 13.3. The highest BCUT2D eigenvalue weighted by Gasteiger charge is 2.13. The van der Waals surface area contributed by atoms with Crippen LogP contribution in [0.25, 0.3) is 0 Å². The van der Waals surface area contributed by atoms with E-state index >= 15 is 0 Å². The van der Waals surface area contributed by atoms with Gasteiger partial charge in [-0.2, -0.15) is 0 Å². The van der Waals surface area contributed by atoms with E-state index in [1.807, 2.05) is 13.8 Å². The van der Waals surface area contributed by atoms with Gasteiger partial charge in [0.15, 0.2) is 0 Å². The molecule has 0 radical (unpaired) electrons. The summed E-state index contributed by atoms with van der Waals surface area (Å²) in [6.07, 6.45) is 0. The number of halogens is 2. The number of aliphatic hydroxyl groups is 1. The third-order valence-electron chi connectivity index (χ3n) is 2.62. The lowest BCUT2D eigenvalue weighted by Crippen LogP contribution is -2.26. The Labute approximate surface area is 103 Å². The molecule has 0 aromatic heterocycles. The van der Waals surface area contributed by atoms with Crippen molar-refractivity contribution in [2.75, 3.05) is 17.7 Å². The molecule has 2 unspecified atom stereocenters. The Balaban J connectivity index is 2.85. The minimum atomic E-state index is -0.361. The summed E-state index contributed by atoms with van der Waals surface area (Å²) in [6.45, 7) is 3.90. The highest BCUT2D eigenvalue weighted by Crippen LogP contribution is 2.27. The van der Waals surface area contributed by atoms with Crippen molar-refractivity contribution in [3.63, 3.8) is 0 Å². The van der Waals surface area contributed by atoms with Crippen molar-refractivity contribution in [2.45, 2.75) is 19.9 Å². The van der Waals surface area contributed by atoms with Crippen LogP contribution in [0.15, 0.2) is 16.6 Å². The van der Waals surface area contributed by atoms with Crippen molar-refractivity contribution in [3.05, 3.63) is 22.4 Å². The Morgan fingerprint density at radius 1 is 1.50 bits per heavy atom. The van der Waals surface area contributed by atoms with E-state index in [0.29, 0.717) is 15.8 Å². The number of rotatable bonds is 4. The quantitative estimate of drug-likeness (QED) is 0.747. The number of benzene rings is 1. The zero-order chi connectivity index (χ0) is 12.3. The molecule has 0 fully saturated rings. The normalized spacial score (nSPS) is 14.6. The Morgan fingerprint density at radius 3 is 2.69 bits per heavy atom. The minimum absolute atomic E-state index is 0.0212. The van der Waals surface area contributed by atoms with Gasteiger partial charge in [0.05, 0.1) is 15.8 Å². The van der Waals surface area contributed by atoms with Gasteiger partial charge in [0.25, 0.3) is 0 Å². The highest BCUT2D eigenvalue weighted by atomic mass is 79.9. The third-order valence-corrected chi connectivity index (χ3v) is 3.22. The second kappa shape index (κ2) is 5.50. The van der Waals surface area contributed by atoms with Gasteiger partial charge in [0.2, 0.25) is 0 Å². The summed E-state index contributed by atoms with van der Waals surface area (Å²) in [7, 11) is 0. The fourth-order valence-corrected chi connectivity index (χ4v) is 1.59. The van der Waals surface area contributed by atoms with Crippen molar-refractivity contribution < 1.29 is 9.50 Å². The van der Waals surface area contributed by atoms with Gasteiger partial charge in [-0.05, 0) is 34.8 Å². The van der Waals surface area contributed by atoms with E-state index in [0.717, 1.165) is 0 Å². The molecule has 0 amide bonds. The van der Waals surface area contributed by atoms with E-state index in [1.165, 1.54) is 12.1 Å². The SMILES string of the molecule is CC(CO)C(C)Nc1cc(F)c(Br)cc1N. The van der Waals surface area contributed by atoms with E-state index in [4.69, 9.17) is 10.8 Å². The largest absolute Gasteiger partial charge is 0.397 e. The van der Waals surface area contributed by atoms with Crippen LogP contribution in [-0.2, 0) is 0 Å². The number of nitrogen functional groups attached to an aromatic ring is 1. The molecule has 0 bridgehead atoms. The standard InChI is InChI=1S/C11H16BrFN2O/c1-6(5-16)7(2)15-11-4-9(13)8(12)3-10(11)14/h3-4,6-7,15-16H,5,14H2,1-2H3. The van der Waals surface area contributed by atoms with Crippen molar-refractivity contribution in [1.29, 1.82) is 0 Å². The molecule has 0 aliphatic rings. The predicted octanol–water partition coefficient (Wildman–Crippen LogP) is 2.60. The van der Waals surface area contributed by atoms with Gasteiger partial charge >= 0.3 is 0 Å². The van der Waals surface area contributed by atoms with Crippen LogP contribution in [0.1, 0.15) is 13.8 Å². The van der Waals surface area contributed by atoms with Gasteiger partial charge in [-0.15, -0.1) is 0 Å². The fraction of sp³-hybridized carbons (Fsp3) is 0.455. The number of nitrogens with two attached hydrogens (primary N) is 1. The van der Waals surface area contributed by atoms with Gasteiger partial charge in [-0.1, -0.05) is 6.92 Å². The molecule has 0 aliphatic carbocycles. The number of hydrogen-bond donors (Lipinski definition) is 3. The predicted molar refractivity (Wildman–Crippen MR) is 67.8 cm³/mol. The summed E-state index contributed by atoms with van der Waals surface area (Å²) in [5, 5.41) is 12.1. The summed E-state index contributed by atoms with van der Waals surface area (Å²) >= 11 is 3.07. The van der Waals surface area contributed by atoms with Crippen molar-refractivity contribution >= 4 is 27.3 Å². The first-order valence-corrected chi connectivity index (χ1v) is 5.87. The molecular weight excluding hydrogens is 275 g/mol. The molecule has 3 nitrogen and oxygen atoms in total. The van der Waals surface area contributed by atoms with Crippen LogP contribution in [-0.4, -0.2) is 17.8 Å². The van der Waals surface area contributed by atoms with Crippen LogP contribution >= 0.6 is 15.9 Å². The first-order chi connectivity index (χ1) is 7.45. The van der Waals surface area contributed by atoms with Crippen LogP contribution in [0.2, 0.25) is 0 Å². The number of aliphatic hydroxyl groups excluding tert-OH is 1. The monoisotopic (exact) mass is 290 g/mol. The van der Waals surface area contributed by atoms with Crippen molar-refractivity contribution in [3.8, 4) is 0 Å². The first-order valence-electron chi connectivity index (χ1n) is 5.07. The highest BCUT2D eigenvalue weighted by molar-refractivity contribution is 9.10. The molecule has 1 rings (SSSR count). The van der Waals surface area contributed by atoms with Gasteiger partial charge in [-0.25, -0.2) is 4.39 Å². The molecule has 0 spiro atoms. The average molecular weight is 291 g/mol. The molecule has 1 aromatic carbocycles. The van der Waals surface area contributed by atoms with E-state index in [1.54, 1.807) is 0 Å². The van der Waals surface area contributed by atoms with E-state index in [9.17, 15) is 4.39 Å². The molecular formula is C11H16BrFN2O. The second-order valence-corrected chi connectivity index (χ2v) is 4.80.